The summed E-state index contributed by atoms with van der Waals surface area (Å²) in [6, 6.07) is 22.6. The fourth-order valence-corrected chi connectivity index (χ4v) is 6.22. The van der Waals surface area contributed by atoms with Crippen molar-refractivity contribution in [3.8, 4) is 0 Å². The number of aliphatic hydroxyl groups is 1. The van der Waals surface area contributed by atoms with Crippen molar-refractivity contribution in [1.82, 2.24) is 20.3 Å². The van der Waals surface area contributed by atoms with E-state index < -0.39 is 40.0 Å². The van der Waals surface area contributed by atoms with E-state index in [0.29, 0.717) is 11.8 Å². The largest absolute Gasteiger partial charge is 0.381 e. The first kappa shape index (κ1) is 30.8. The molecule has 0 saturated carbocycles. The highest BCUT2D eigenvalue weighted by molar-refractivity contribution is 7.89. The van der Waals surface area contributed by atoms with Crippen LogP contribution in [0.1, 0.15) is 31.4 Å². The second kappa shape index (κ2) is 14.2. The summed E-state index contributed by atoms with van der Waals surface area (Å²) in [6.45, 7) is 3.81. The molecule has 0 radical (unpaired) electrons. The lowest BCUT2D eigenvalue weighted by Gasteiger charge is -2.29. The predicted octanol–water partition coefficient (Wildman–Crippen LogP) is 3.33. The van der Waals surface area contributed by atoms with Crippen LogP contribution in [0.4, 0.5) is 0 Å². The number of hydrogen-bond donors (Lipinski definition) is 4. The molecule has 0 saturated heterocycles. The zero-order chi connectivity index (χ0) is 30.1. The summed E-state index contributed by atoms with van der Waals surface area (Å²) in [5.41, 5.74) is 1.59. The number of sulfonamides is 1. The van der Waals surface area contributed by atoms with Crippen molar-refractivity contribution < 1.29 is 23.1 Å². The third kappa shape index (κ3) is 7.79. The molecule has 9 nitrogen and oxygen atoms in total. The molecule has 0 aliphatic heterocycles. The number of fused-ring (bicyclic) bond motifs is 1. The SMILES string of the molecule is CC[C@H](C)[C@H](NS(=O)(=O)c1cccc2ccccc12)C(=O)N[C@@H](Cc1ccccc1)[C@@H](O)C(=O)NCc1ccncc1. The van der Waals surface area contributed by atoms with Gasteiger partial charge < -0.3 is 15.7 Å². The zero-order valence-corrected chi connectivity index (χ0v) is 24.4. The molecule has 4 aromatic rings. The molecule has 0 spiro atoms. The Bertz CT molecular complexity index is 1590. The Balaban J connectivity index is 1.57. The van der Waals surface area contributed by atoms with Crippen LogP contribution in [0.5, 0.6) is 0 Å². The Morgan fingerprint density at radius 1 is 0.857 bits per heavy atom. The van der Waals surface area contributed by atoms with Gasteiger partial charge in [0.1, 0.15) is 6.04 Å². The van der Waals surface area contributed by atoms with E-state index in [2.05, 4.69) is 20.3 Å². The summed E-state index contributed by atoms with van der Waals surface area (Å²) in [5, 5.41) is 17.9. The number of aliphatic hydroxyl groups excluding tert-OH is 1. The minimum absolute atomic E-state index is 0.0677. The van der Waals surface area contributed by atoms with Gasteiger partial charge in [0.05, 0.1) is 10.9 Å². The highest BCUT2D eigenvalue weighted by Gasteiger charge is 2.34. The third-order valence-corrected chi connectivity index (χ3v) is 8.81. The number of nitrogens with zero attached hydrogens (tertiary/aromatic N) is 1. The summed E-state index contributed by atoms with van der Waals surface area (Å²) in [5.74, 6) is -1.68. The van der Waals surface area contributed by atoms with Gasteiger partial charge in [0.25, 0.3) is 5.91 Å². The average molecular weight is 589 g/mol. The number of hydrogen-bond acceptors (Lipinski definition) is 6. The van der Waals surface area contributed by atoms with Gasteiger partial charge in [-0.25, -0.2) is 8.42 Å². The molecule has 0 aliphatic carbocycles. The van der Waals surface area contributed by atoms with Crippen LogP contribution >= 0.6 is 0 Å². The van der Waals surface area contributed by atoms with Crippen LogP contribution < -0.4 is 15.4 Å². The van der Waals surface area contributed by atoms with Crippen molar-refractivity contribution >= 4 is 32.6 Å². The molecule has 4 atom stereocenters. The number of nitrogens with one attached hydrogen (secondary N) is 3. The second-order valence-corrected chi connectivity index (χ2v) is 12.0. The standard InChI is InChI=1S/C32H36N4O5S/c1-3-22(2)29(36-42(40,41)28-15-9-13-25-12-7-8-14-26(25)28)31(38)35-27(20-23-10-5-4-6-11-23)30(37)32(39)34-21-24-16-18-33-19-17-24/h4-19,22,27,29-30,36-37H,3,20-21H2,1-2H3,(H,34,39)(H,35,38)/t22-,27-,29-,30+/m0/s1. The van der Waals surface area contributed by atoms with Gasteiger partial charge in [-0.2, -0.15) is 4.72 Å². The number of pyridine rings is 1. The van der Waals surface area contributed by atoms with E-state index in [0.717, 1.165) is 16.5 Å². The zero-order valence-electron chi connectivity index (χ0n) is 23.6. The molecule has 1 aromatic heterocycles. The van der Waals surface area contributed by atoms with E-state index in [1.165, 1.54) is 6.07 Å². The van der Waals surface area contributed by atoms with Gasteiger partial charge in [0, 0.05) is 24.3 Å². The number of carbonyl (C=O) groups excluding carboxylic acids is 2. The molecular weight excluding hydrogens is 552 g/mol. The lowest BCUT2D eigenvalue weighted by molar-refractivity contribution is -0.133. The van der Waals surface area contributed by atoms with Crippen LogP contribution in [0.3, 0.4) is 0 Å². The maximum Gasteiger partial charge on any atom is 0.251 e. The lowest BCUT2D eigenvalue weighted by Crippen LogP contribution is -2.57. The van der Waals surface area contributed by atoms with E-state index in [4.69, 9.17) is 0 Å². The molecule has 220 valence electrons. The number of rotatable bonds is 13. The molecule has 1 heterocycles. The Morgan fingerprint density at radius 2 is 1.52 bits per heavy atom. The fraction of sp³-hybridized carbons (Fsp3) is 0.281. The quantitative estimate of drug-likeness (QED) is 0.189. The Labute approximate surface area is 246 Å². The van der Waals surface area contributed by atoms with Crippen molar-refractivity contribution in [3.05, 3.63) is 108 Å². The van der Waals surface area contributed by atoms with Crippen molar-refractivity contribution in [2.75, 3.05) is 0 Å². The van der Waals surface area contributed by atoms with Crippen LogP contribution in [-0.2, 0) is 32.6 Å². The molecule has 2 amide bonds. The summed E-state index contributed by atoms with van der Waals surface area (Å²) >= 11 is 0. The first-order valence-corrected chi connectivity index (χ1v) is 15.4. The van der Waals surface area contributed by atoms with Gasteiger partial charge >= 0.3 is 0 Å². The molecule has 10 heteroatoms. The Morgan fingerprint density at radius 3 is 2.24 bits per heavy atom. The normalized spacial score (nSPS) is 14.5. The van der Waals surface area contributed by atoms with Gasteiger partial charge in [-0.15, -0.1) is 0 Å². The molecule has 4 N–H and O–H groups in total. The van der Waals surface area contributed by atoms with Crippen molar-refractivity contribution in [3.63, 3.8) is 0 Å². The maximum atomic E-state index is 13.7. The Kier molecular flexibility index (Phi) is 10.4. The topological polar surface area (TPSA) is 137 Å². The van der Waals surface area contributed by atoms with Crippen LogP contribution in [-0.4, -0.2) is 48.5 Å². The molecule has 4 rings (SSSR count). The summed E-state index contributed by atoms with van der Waals surface area (Å²) in [6.07, 6.45) is 2.27. The van der Waals surface area contributed by atoms with E-state index in [-0.39, 0.29) is 23.8 Å². The molecule has 0 aliphatic rings. The van der Waals surface area contributed by atoms with Gasteiger partial charge in [0.15, 0.2) is 6.10 Å². The molecule has 0 fully saturated rings. The number of benzene rings is 3. The number of amides is 2. The van der Waals surface area contributed by atoms with E-state index in [1.54, 1.807) is 49.6 Å². The van der Waals surface area contributed by atoms with Crippen molar-refractivity contribution in [1.29, 1.82) is 0 Å². The molecule has 0 bridgehead atoms. The smallest absolute Gasteiger partial charge is 0.251 e. The maximum absolute atomic E-state index is 13.7. The van der Waals surface area contributed by atoms with Crippen LogP contribution in [0, 0.1) is 5.92 Å². The third-order valence-electron chi connectivity index (χ3n) is 7.31. The van der Waals surface area contributed by atoms with E-state index >= 15 is 0 Å². The summed E-state index contributed by atoms with van der Waals surface area (Å²) in [4.78, 5) is 30.7. The van der Waals surface area contributed by atoms with Gasteiger partial charge in [-0.3, -0.25) is 14.6 Å². The lowest BCUT2D eigenvalue weighted by atomic mass is 9.96. The summed E-state index contributed by atoms with van der Waals surface area (Å²) in [7, 11) is -4.11. The number of aromatic nitrogens is 1. The first-order chi connectivity index (χ1) is 20.2. The van der Waals surface area contributed by atoms with Crippen LogP contribution in [0.15, 0.2) is 102 Å². The highest BCUT2D eigenvalue weighted by Crippen LogP contribution is 2.24. The first-order valence-electron chi connectivity index (χ1n) is 13.9. The minimum Gasteiger partial charge on any atom is -0.381 e. The monoisotopic (exact) mass is 588 g/mol. The Hall–Kier alpha value is -4.12. The number of carbonyl (C=O) groups is 2. The molecule has 42 heavy (non-hydrogen) atoms. The van der Waals surface area contributed by atoms with Gasteiger partial charge in [-0.1, -0.05) is 87.0 Å². The molecular formula is C32H36N4O5S. The van der Waals surface area contributed by atoms with E-state index in [1.807, 2.05) is 55.5 Å². The minimum atomic E-state index is -4.11. The van der Waals surface area contributed by atoms with Crippen molar-refractivity contribution in [2.45, 2.75) is 56.3 Å². The molecule has 0 unspecified atom stereocenters. The van der Waals surface area contributed by atoms with Gasteiger partial charge in [0.2, 0.25) is 15.9 Å². The van der Waals surface area contributed by atoms with Gasteiger partial charge in [-0.05, 0) is 47.1 Å². The van der Waals surface area contributed by atoms with Crippen LogP contribution in [0.2, 0.25) is 0 Å². The summed E-state index contributed by atoms with van der Waals surface area (Å²) < 4.78 is 29.8. The van der Waals surface area contributed by atoms with E-state index in [9.17, 15) is 23.1 Å². The second-order valence-electron chi connectivity index (χ2n) is 10.3. The fourth-order valence-electron chi connectivity index (χ4n) is 4.68. The predicted molar refractivity (Wildman–Crippen MR) is 162 cm³/mol. The average Bonchev–Trinajstić information content (AvgIpc) is 3.02. The van der Waals surface area contributed by atoms with Crippen LogP contribution in [0.25, 0.3) is 10.8 Å². The molecule has 3 aromatic carbocycles. The van der Waals surface area contributed by atoms with Crippen molar-refractivity contribution in [2.24, 2.45) is 5.92 Å². The highest BCUT2D eigenvalue weighted by atomic mass is 32.2.